The molecule has 0 saturated carbocycles. The number of anilines is 1. The fraction of sp³-hybridized carbons (Fsp3) is 0.562. The van der Waals surface area contributed by atoms with E-state index in [-0.39, 0.29) is 5.91 Å². The van der Waals surface area contributed by atoms with Crippen LogP contribution in [0.2, 0.25) is 0 Å². The molecule has 0 bridgehead atoms. The van der Waals surface area contributed by atoms with Crippen LogP contribution in [-0.2, 0) is 11.2 Å². The number of hydrogen-bond donors (Lipinski definition) is 0. The predicted octanol–water partition coefficient (Wildman–Crippen LogP) is 4.55. The van der Waals surface area contributed by atoms with Gasteiger partial charge in [-0.15, -0.1) is 0 Å². The zero-order valence-electron chi connectivity index (χ0n) is 11.8. The summed E-state index contributed by atoms with van der Waals surface area (Å²) in [6.45, 7) is 5.33. The van der Waals surface area contributed by atoms with E-state index in [0.717, 1.165) is 28.7 Å². The fourth-order valence-electron chi connectivity index (χ4n) is 2.73. The van der Waals surface area contributed by atoms with Gasteiger partial charge >= 0.3 is 0 Å². The lowest BCUT2D eigenvalue weighted by molar-refractivity contribution is -0.117. The topological polar surface area (TPSA) is 20.3 Å². The highest BCUT2D eigenvalue weighted by Crippen LogP contribution is 2.32. The standard InChI is InChI=1S/C16H22BrNO/c1-3-5-6-12(4-2)11-18-15-8-7-14(17)9-13(15)10-16(18)19/h7-9,12H,3-6,10-11H2,1-2H3. The monoisotopic (exact) mass is 323 g/mol. The van der Waals surface area contributed by atoms with Gasteiger partial charge in [-0.05, 0) is 36.1 Å². The molecule has 1 amide bonds. The summed E-state index contributed by atoms with van der Waals surface area (Å²) >= 11 is 3.47. The Kier molecular flexibility index (Phi) is 5.03. The zero-order valence-corrected chi connectivity index (χ0v) is 13.4. The first-order chi connectivity index (χ1) is 9.15. The summed E-state index contributed by atoms with van der Waals surface area (Å²) in [5, 5.41) is 0. The van der Waals surface area contributed by atoms with E-state index in [9.17, 15) is 4.79 Å². The van der Waals surface area contributed by atoms with Crippen LogP contribution in [0.25, 0.3) is 0 Å². The van der Waals surface area contributed by atoms with Gasteiger partial charge < -0.3 is 4.90 Å². The van der Waals surface area contributed by atoms with Crippen LogP contribution in [0.1, 0.15) is 45.1 Å². The third-order valence-corrected chi connectivity index (χ3v) is 4.45. The van der Waals surface area contributed by atoms with Crippen LogP contribution in [0.4, 0.5) is 5.69 Å². The average Bonchev–Trinajstić information content (AvgIpc) is 2.69. The third-order valence-electron chi connectivity index (χ3n) is 3.96. The van der Waals surface area contributed by atoms with Crippen LogP contribution in [-0.4, -0.2) is 12.5 Å². The van der Waals surface area contributed by atoms with Crippen molar-refractivity contribution in [2.75, 3.05) is 11.4 Å². The molecule has 3 heteroatoms. The number of hydrogen-bond acceptors (Lipinski definition) is 1. The molecular formula is C16H22BrNO. The minimum absolute atomic E-state index is 0.253. The Labute approximate surface area is 124 Å². The van der Waals surface area contributed by atoms with Gasteiger partial charge in [0.1, 0.15) is 0 Å². The van der Waals surface area contributed by atoms with Crippen LogP contribution in [0.3, 0.4) is 0 Å². The molecule has 0 saturated heterocycles. The molecule has 0 spiro atoms. The summed E-state index contributed by atoms with van der Waals surface area (Å²) in [4.78, 5) is 14.2. The van der Waals surface area contributed by atoms with Crippen molar-refractivity contribution < 1.29 is 4.79 Å². The molecule has 1 atom stereocenters. The Morgan fingerprint density at radius 2 is 2.16 bits per heavy atom. The molecule has 1 heterocycles. The first kappa shape index (κ1) is 14.6. The normalized spacial score (nSPS) is 15.7. The summed E-state index contributed by atoms with van der Waals surface area (Å²) in [6, 6.07) is 6.16. The molecule has 0 aromatic heterocycles. The molecule has 1 aromatic carbocycles. The zero-order chi connectivity index (χ0) is 13.8. The molecule has 1 aliphatic heterocycles. The summed E-state index contributed by atoms with van der Waals surface area (Å²) in [7, 11) is 0. The number of unbranched alkanes of at least 4 members (excludes halogenated alkanes) is 1. The van der Waals surface area contributed by atoms with Gasteiger partial charge in [0, 0.05) is 16.7 Å². The highest BCUT2D eigenvalue weighted by atomic mass is 79.9. The first-order valence-electron chi connectivity index (χ1n) is 7.24. The average molecular weight is 324 g/mol. The van der Waals surface area contributed by atoms with Crippen LogP contribution >= 0.6 is 15.9 Å². The molecule has 104 valence electrons. The number of amides is 1. The van der Waals surface area contributed by atoms with E-state index in [1.54, 1.807) is 0 Å². The maximum atomic E-state index is 12.2. The second-order valence-corrected chi connectivity index (χ2v) is 6.29. The van der Waals surface area contributed by atoms with Gasteiger partial charge in [0.15, 0.2) is 0 Å². The molecule has 0 fully saturated rings. The lowest BCUT2D eigenvalue weighted by Crippen LogP contribution is -2.32. The van der Waals surface area contributed by atoms with Crippen molar-refractivity contribution in [1.29, 1.82) is 0 Å². The van der Waals surface area contributed by atoms with Gasteiger partial charge in [0.25, 0.3) is 0 Å². The number of rotatable bonds is 6. The maximum Gasteiger partial charge on any atom is 0.231 e. The molecule has 19 heavy (non-hydrogen) atoms. The smallest absolute Gasteiger partial charge is 0.231 e. The minimum atomic E-state index is 0.253. The number of fused-ring (bicyclic) bond motifs is 1. The van der Waals surface area contributed by atoms with E-state index in [1.165, 1.54) is 19.3 Å². The van der Waals surface area contributed by atoms with Crippen molar-refractivity contribution in [2.24, 2.45) is 5.92 Å². The highest BCUT2D eigenvalue weighted by molar-refractivity contribution is 9.10. The van der Waals surface area contributed by atoms with Crippen LogP contribution in [0, 0.1) is 5.92 Å². The number of carbonyl (C=O) groups excluding carboxylic acids is 1. The van der Waals surface area contributed by atoms with E-state index in [1.807, 2.05) is 11.0 Å². The maximum absolute atomic E-state index is 12.2. The highest BCUT2D eigenvalue weighted by Gasteiger charge is 2.28. The minimum Gasteiger partial charge on any atom is -0.312 e. The third kappa shape index (κ3) is 3.38. The van der Waals surface area contributed by atoms with Gasteiger partial charge in [-0.1, -0.05) is 49.0 Å². The van der Waals surface area contributed by atoms with Crippen molar-refractivity contribution in [3.8, 4) is 0 Å². The van der Waals surface area contributed by atoms with E-state index < -0.39 is 0 Å². The van der Waals surface area contributed by atoms with E-state index in [2.05, 4.69) is 41.9 Å². The van der Waals surface area contributed by atoms with Gasteiger partial charge in [0.05, 0.1) is 6.42 Å². The van der Waals surface area contributed by atoms with Crippen molar-refractivity contribution in [3.05, 3.63) is 28.2 Å². The van der Waals surface area contributed by atoms with E-state index >= 15 is 0 Å². The largest absolute Gasteiger partial charge is 0.312 e. The summed E-state index contributed by atoms with van der Waals surface area (Å²) in [6.07, 6.45) is 5.42. The van der Waals surface area contributed by atoms with Crippen LogP contribution in [0.5, 0.6) is 0 Å². The van der Waals surface area contributed by atoms with Crippen LogP contribution < -0.4 is 4.90 Å². The summed E-state index contributed by atoms with van der Waals surface area (Å²) < 4.78 is 1.05. The number of nitrogens with zero attached hydrogens (tertiary/aromatic N) is 1. The van der Waals surface area contributed by atoms with E-state index in [4.69, 9.17) is 0 Å². The molecule has 0 radical (unpaired) electrons. The van der Waals surface area contributed by atoms with Crippen molar-refractivity contribution in [1.82, 2.24) is 0 Å². The van der Waals surface area contributed by atoms with Crippen molar-refractivity contribution in [3.63, 3.8) is 0 Å². The fourth-order valence-corrected chi connectivity index (χ4v) is 3.14. The van der Waals surface area contributed by atoms with E-state index in [0.29, 0.717) is 12.3 Å². The molecule has 2 rings (SSSR count). The lowest BCUT2D eigenvalue weighted by Gasteiger charge is -2.23. The Balaban J connectivity index is 2.10. The van der Waals surface area contributed by atoms with Crippen molar-refractivity contribution >= 4 is 27.5 Å². The van der Waals surface area contributed by atoms with Gasteiger partial charge in [-0.25, -0.2) is 0 Å². The first-order valence-corrected chi connectivity index (χ1v) is 8.03. The number of carbonyl (C=O) groups is 1. The summed E-state index contributed by atoms with van der Waals surface area (Å²) in [5.74, 6) is 0.876. The molecule has 0 aliphatic carbocycles. The summed E-state index contributed by atoms with van der Waals surface area (Å²) in [5.41, 5.74) is 2.27. The SMILES string of the molecule is CCCCC(CC)CN1C(=O)Cc2cc(Br)ccc21. The molecular weight excluding hydrogens is 302 g/mol. The molecule has 1 unspecified atom stereocenters. The van der Waals surface area contributed by atoms with Crippen molar-refractivity contribution in [2.45, 2.75) is 46.0 Å². The Morgan fingerprint density at radius 3 is 2.84 bits per heavy atom. The van der Waals surface area contributed by atoms with Gasteiger partial charge in [0.2, 0.25) is 5.91 Å². The Hall–Kier alpha value is -0.830. The molecule has 1 aromatic rings. The molecule has 2 nitrogen and oxygen atoms in total. The number of halogens is 1. The predicted molar refractivity (Wildman–Crippen MR) is 83.5 cm³/mol. The molecule has 0 N–H and O–H groups in total. The second-order valence-electron chi connectivity index (χ2n) is 5.37. The Morgan fingerprint density at radius 1 is 1.37 bits per heavy atom. The number of benzene rings is 1. The molecule has 1 aliphatic rings. The van der Waals surface area contributed by atoms with Gasteiger partial charge in [-0.2, -0.15) is 0 Å². The van der Waals surface area contributed by atoms with Gasteiger partial charge in [-0.3, -0.25) is 4.79 Å². The van der Waals surface area contributed by atoms with Crippen LogP contribution in [0.15, 0.2) is 22.7 Å². The Bertz CT molecular complexity index is 458. The quantitative estimate of drug-likeness (QED) is 0.751. The second kappa shape index (κ2) is 6.56. The lowest BCUT2D eigenvalue weighted by atomic mass is 9.98.